The number of aromatic nitrogens is 1. The molecule has 0 amide bonds. The second kappa shape index (κ2) is 3.85. The predicted molar refractivity (Wildman–Crippen MR) is 64.4 cm³/mol. The molecule has 0 atom stereocenters. The highest BCUT2D eigenvalue weighted by Gasteiger charge is 2.03. The SMILES string of the molecule is Cc1ccc(C)c2[nH]c(/C=C/C(=O)O)cc12. The lowest BCUT2D eigenvalue weighted by Gasteiger charge is -1.98. The van der Waals surface area contributed by atoms with E-state index >= 15 is 0 Å². The molecule has 3 heteroatoms. The molecule has 0 aliphatic carbocycles. The fraction of sp³-hybridized carbons (Fsp3) is 0.154. The van der Waals surface area contributed by atoms with Crippen LogP contribution in [0.2, 0.25) is 0 Å². The summed E-state index contributed by atoms with van der Waals surface area (Å²) >= 11 is 0. The van der Waals surface area contributed by atoms with Gasteiger partial charge in [0.2, 0.25) is 0 Å². The Hall–Kier alpha value is -2.03. The molecular weight excluding hydrogens is 202 g/mol. The first-order valence-corrected chi connectivity index (χ1v) is 5.08. The van der Waals surface area contributed by atoms with Crippen LogP contribution in [0.4, 0.5) is 0 Å². The number of carbonyl (C=O) groups is 1. The lowest BCUT2D eigenvalue weighted by Crippen LogP contribution is -1.85. The molecule has 0 aliphatic heterocycles. The van der Waals surface area contributed by atoms with Crippen LogP contribution in [0.1, 0.15) is 16.8 Å². The molecule has 0 spiro atoms. The minimum atomic E-state index is -0.938. The maximum absolute atomic E-state index is 10.4. The van der Waals surface area contributed by atoms with E-state index in [0.717, 1.165) is 28.2 Å². The van der Waals surface area contributed by atoms with Crippen molar-refractivity contribution < 1.29 is 9.90 Å². The molecule has 16 heavy (non-hydrogen) atoms. The van der Waals surface area contributed by atoms with Crippen molar-refractivity contribution in [1.29, 1.82) is 0 Å². The Morgan fingerprint density at radius 2 is 2.00 bits per heavy atom. The molecule has 0 radical (unpaired) electrons. The number of H-pyrrole nitrogens is 1. The Kier molecular flexibility index (Phi) is 2.52. The fourth-order valence-corrected chi connectivity index (χ4v) is 1.77. The molecule has 82 valence electrons. The van der Waals surface area contributed by atoms with E-state index in [1.54, 1.807) is 6.08 Å². The van der Waals surface area contributed by atoms with Crippen molar-refractivity contribution in [2.75, 3.05) is 0 Å². The summed E-state index contributed by atoms with van der Waals surface area (Å²) < 4.78 is 0. The van der Waals surface area contributed by atoms with E-state index in [2.05, 4.69) is 17.1 Å². The lowest BCUT2D eigenvalue weighted by molar-refractivity contribution is -0.131. The monoisotopic (exact) mass is 215 g/mol. The van der Waals surface area contributed by atoms with Crippen LogP contribution in [0.25, 0.3) is 17.0 Å². The molecule has 0 fully saturated rings. The summed E-state index contributed by atoms with van der Waals surface area (Å²) in [7, 11) is 0. The molecule has 2 aromatic rings. The van der Waals surface area contributed by atoms with E-state index in [4.69, 9.17) is 5.11 Å². The van der Waals surface area contributed by atoms with E-state index in [9.17, 15) is 4.79 Å². The number of benzene rings is 1. The van der Waals surface area contributed by atoms with Gasteiger partial charge in [-0.3, -0.25) is 0 Å². The number of carboxylic acids is 1. The number of aliphatic carboxylic acids is 1. The summed E-state index contributed by atoms with van der Waals surface area (Å²) in [5.74, 6) is -0.938. The third-order valence-electron chi connectivity index (χ3n) is 2.65. The van der Waals surface area contributed by atoms with Crippen molar-refractivity contribution in [1.82, 2.24) is 4.98 Å². The zero-order valence-corrected chi connectivity index (χ0v) is 9.24. The number of carboxylic acid groups (broad SMARTS) is 1. The van der Waals surface area contributed by atoms with Gasteiger partial charge >= 0.3 is 5.97 Å². The zero-order valence-electron chi connectivity index (χ0n) is 9.24. The largest absolute Gasteiger partial charge is 0.478 e. The topological polar surface area (TPSA) is 53.1 Å². The molecule has 1 heterocycles. The van der Waals surface area contributed by atoms with Crippen LogP contribution in [0.3, 0.4) is 0 Å². The maximum Gasteiger partial charge on any atom is 0.328 e. The van der Waals surface area contributed by atoms with E-state index in [1.165, 1.54) is 5.56 Å². The summed E-state index contributed by atoms with van der Waals surface area (Å²) in [6.45, 7) is 4.07. The smallest absolute Gasteiger partial charge is 0.328 e. The van der Waals surface area contributed by atoms with Crippen LogP contribution in [-0.2, 0) is 4.79 Å². The first kappa shape index (κ1) is 10.5. The third-order valence-corrected chi connectivity index (χ3v) is 2.65. The van der Waals surface area contributed by atoms with E-state index in [1.807, 2.05) is 19.9 Å². The highest BCUT2D eigenvalue weighted by atomic mass is 16.4. The van der Waals surface area contributed by atoms with E-state index in [-0.39, 0.29) is 0 Å². The van der Waals surface area contributed by atoms with Gasteiger partial charge in [-0.05, 0) is 37.1 Å². The van der Waals surface area contributed by atoms with Crippen LogP contribution in [0, 0.1) is 13.8 Å². The van der Waals surface area contributed by atoms with Crippen LogP contribution < -0.4 is 0 Å². The van der Waals surface area contributed by atoms with Gasteiger partial charge in [-0.15, -0.1) is 0 Å². The van der Waals surface area contributed by atoms with Crippen LogP contribution in [0.15, 0.2) is 24.3 Å². The van der Waals surface area contributed by atoms with Crippen LogP contribution >= 0.6 is 0 Å². The van der Waals surface area contributed by atoms with E-state index < -0.39 is 5.97 Å². The number of hydrogen-bond acceptors (Lipinski definition) is 1. The first-order chi connectivity index (χ1) is 7.58. The van der Waals surface area contributed by atoms with Crippen LogP contribution in [-0.4, -0.2) is 16.1 Å². The Balaban J connectivity index is 2.55. The lowest BCUT2D eigenvalue weighted by atomic mass is 10.1. The van der Waals surface area contributed by atoms with Crippen molar-refractivity contribution in [2.24, 2.45) is 0 Å². The summed E-state index contributed by atoms with van der Waals surface area (Å²) in [4.78, 5) is 13.6. The van der Waals surface area contributed by atoms with Crippen molar-refractivity contribution in [3.05, 3.63) is 41.1 Å². The van der Waals surface area contributed by atoms with Gasteiger partial charge in [0.25, 0.3) is 0 Å². The van der Waals surface area contributed by atoms with Crippen molar-refractivity contribution in [3.8, 4) is 0 Å². The average Bonchev–Trinajstić information content (AvgIpc) is 2.66. The second-order valence-electron chi connectivity index (χ2n) is 3.88. The molecule has 0 aliphatic rings. The number of fused-ring (bicyclic) bond motifs is 1. The van der Waals surface area contributed by atoms with Gasteiger partial charge in [0.05, 0.1) is 0 Å². The molecule has 2 N–H and O–H groups in total. The third kappa shape index (κ3) is 1.84. The Morgan fingerprint density at radius 3 is 2.62 bits per heavy atom. The second-order valence-corrected chi connectivity index (χ2v) is 3.88. The van der Waals surface area contributed by atoms with Gasteiger partial charge in [0.15, 0.2) is 0 Å². The summed E-state index contributed by atoms with van der Waals surface area (Å²) in [5.41, 5.74) is 4.24. The molecule has 1 aromatic carbocycles. The number of hydrogen-bond donors (Lipinski definition) is 2. The molecular formula is C13H13NO2. The zero-order chi connectivity index (χ0) is 11.7. The normalized spacial score (nSPS) is 11.4. The average molecular weight is 215 g/mol. The van der Waals surface area contributed by atoms with Gasteiger partial charge in [-0.1, -0.05) is 12.1 Å². The minimum absolute atomic E-state index is 0.815. The molecule has 0 saturated carbocycles. The van der Waals surface area contributed by atoms with E-state index in [0.29, 0.717) is 0 Å². The predicted octanol–water partition coefficient (Wildman–Crippen LogP) is 2.88. The fourth-order valence-electron chi connectivity index (χ4n) is 1.77. The van der Waals surface area contributed by atoms with Crippen LogP contribution in [0.5, 0.6) is 0 Å². The Labute approximate surface area is 93.4 Å². The number of aromatic amines is 1. The first-order valence-electron chi connectivity index (χ1n) is 5.08. The number of nitrogens with one attached hydrogen (secondary N) is 1. The van der Waals surface area contributed by atoms with Gasteiger partial charge in [-0.2, -0.15) is 0 Å². The maximum atomic E-state index is 10.4. The Morgan fingerprint density at radius 1 is 1.31 bits per heavy atom. The Bertz CT molecular complexity index is 540. The van der Waals surface area contributed by atoms with Gasteiger partial charge in [0, 0.05) is 22.7 Å². The highest BCUT2D eigenvalue weighted by molar-refractivity contribution is 5.90. The summed E-state index contributed by atoms with van der Waals surface area (Å²) in [6, 6.07) is 6.09. The molecule has 0 bridgehead atoms. The standard InChI is InChI=1S/C13H13NO2/c1-8-3-4-9(2)13-11(8)7-10(14-13)5-6-12(15)16/h3-7,14H,1-2H3,(H,15,16)/b6-5+. The quantitative estimate of drug-likeness (QED) is 0.757. The molecule has 0 unspecified atom stereocenters. The molecule has 0 saturated heterocycles. The van der Waals surface area contributed by atoms with Crippen molar-refractivity contribution in [2.45, 2.75) is 13.8 Å². The van der Waals surface area contributed by atoms with Gasteiger partial charge in [0.1, 0.15) is 0 Å². The van der Waals surface area contributed by atoms with Crippen molar-refractivity contribution >= 4 is 22.9 Å². The van der Waals surface area contributed by atoms with Crippen molar-refractivity contribution in [3.63, 3.8) is 0 Å². The highest BCUT2D eigenvalue weighted by Crippen LogP contribution is 2.23. The minimum Gasteiger partial charge on any atom is -0.478 e. The number of rotatable bonds is 2. The summed E-state index contributed by atoms with van der Waals surface area (Å²) in [6.07, 6.45) is 2.70. The molecule has 2 rings (SSSR count). The number of aryl methyl sites for hydroxylation is 2. The van der Waals surface area contributed by atoms with Gasteiger partial charge in [-0.25, -0.2) is 4.79 Å². The molecule has 3 nitrogen and oxygen atoms in total. The molecule has 1 aromatic heterocycles. The summed E-state index contributed by atoms with van der Waals surface area (Å²) in [5, 5.41) is 9.70. The van der Waals surface area contributed by atoms with Gasteiger partial charge < -0.3 is 10.1 Å².